The van der Waals surface area contributed by atoms with Gasteiger partial charge < -0.3 is 0 Å². The first kappa shape index (κ1) is 10.5. The van der Waals surface area contributed by atoms with Gasteiger partial charge in [-0.25, -0.2) is 0 Å². The first-order valence-corrected chi connectivity index (χ1v) is 8.86. The van der Waals surface area contributed by atoms with Crippen LogP contribution < -0.4 is 8.58 Å². The number of halogens is 3. The molecule has 0 aliphatic rings. The Morgan fingerprint density at radius 3 is 1.17 bits per heavy atom. The second-order valence-corrected chi connectivity index (χ2v) is 11.0. The van der Waals surface area contributed by atoms with Gasteiger partial charge in [0.1, 0.15) is 0 Å². The van der Waals surface area contributed by atoms with Crippen LogP contribution in [0.3, 0.4) is 0 Å². The van der Waals surface area contributed by atoms with Crippen LogP contribution in [0.15, 0.2) is 0 Å². The molecule has 0 rings (SSSR count). The van der Waals surface area contributed by atoms with Crippen molar-refractivity contribution in [1.29, 1.82) is 0 Å². The van der Waals surface area contributed by atoms with Crippen molar-refractivity contribution < 1.29 is 14.5 Å². The fraction of sp³-hybridized carbons (Fsp3) is 0. The number of hydrogen-bond acceptors (Lipinski definition) is 2. The van der Waals surface area contributed by atoms with Crippen molar-refractivity contribution in [2.24, 2.45) is 8.58 Å². The second-order valence-electron chi connectivity index (χ2n) is 0.427. The molecular formula is H5Cl3N2Pt. The summed E-state index contributed by atoms with van der Waals surface area (Å²) < 4.78 is 9.69. The molecule has 6 heavy (non-hydrogen) atoms. The van der Waals surface area contributed by atoms with Gasteiger partial charge in [-0.2, -0.15) is 0 Å². The fourth-order valence-electron chi connectivity index (χ4n) is 0. The van der Waals surface area contributed by atoms with Gasteiger partial charge in [0.15, 0.2) is 0 Å². The zero-order valence-electron chi connectivity index (χ0n) is 2.64. The summed E-state index contributed by atoms with van der Waals surface area (Å²) in [6.45, 7) is 0. The molecule has 0 unspecified atom stereocenters. The standard InChI is InChI=1S/3ClH.2H2N.Pt/h3*1H;2*1H2;/q;;;2*-1;+4/p-2. The Labute approximate surface area is 54.2 Å². The summed E-state index contributed by atoms with van der Waals surface area (Å²) in [4.78, 5) is 0. The van der Waals surface area contributed by atoms with Crippen molar-refractivity contribution >= 4 is 31.2 Å². The van der Waals surface area contributed by atoms with E-state index in [1.165, 1.54) is 0 Å². The van der Waals surface area contributed by atoms with Gasteiger partial charge >= 0.3 is 41.9 Å². The van der Waals surface area contributed by atoms with Crippen LogP contribution in [0.4, 0.5) is 0 Å². The first-order valence-electron chi connectivity index (χ1n) is 0.604. The monoisotopic (exact) mass is 333 g/mol. The van der Waals surface area contributed by atoms with Gasteiger partial charge in [-0.05, 0) is 0 Å². The molecule has 0 saturated carbocycles. The van der Waals surface area contributed by atoms with E-state index >= 15 is 0 Å². The third kappa shape index (κ3) is 50.3. The van der Waals surface area contributed by atoms with Crippen molar-refractivity contribution in [3.05, 3.63) is 0 Å². The number of hydrogen-bond donors (Lipinski definition) is 2. The van der Waals surface area contributed by atoms with Crippen LogP contribution in [0.25, 0.3) is 0 Å². The second kappa shape index (κ2) is 3.48. The molecule has 0 amide bonds. The van der Waals surface area contributed by atoms with E-state index in [1.807, 2.05) is 0 Å². The van der Waals surface area contributed by atoms with E-state index in [1.54, 1.807) is 0 Å². The summed E-state index contributed by atoms with van der Waals surface area (Å²) in [5, 5.41) is 0. The summed E-state index contributed by atoms with van der Waals surface area (Å²) in [6, 6.07) is 0. The molecule has 0 aromatic rings. The Bertz CT molecular complexity index is 24.3. The summed E-state index contributed by atoms with van der Waals surface area (Å²) in [5.41, 5.74) is 0. The zero-order valence-corrected chi connectivity index (χ0v) is 7.24. The van der Waals surface area contributed by atoms with E-state index in [0.717, 1.165) is 0 Å². The normalized spacial score (nSPS) is 12.7. The van der Waals surface area contributed by atoms with Crippen LogP contribution in [0, 0.1) is 0 Å². The Balaban J connectivity index is 0. The minimum absolute atomic E-state index is 0. The van der Waals surface area contributed by atoms with Crippen LogP contribution in [0.2, 0.25) is 0 Å². The predicted molar refractivity (Wildman–Crippen MR) is 27.3 cm³/mol. The van der Waals surface area contributed by atoms with E-state index in [2.05, 4.69) is 0 Å². The van der Waals surface area contributed by atoms with Crippen LogP contribution in [-0.4, -0.2) is 0 Å². The molecular weight excluding hydrogens is 329 g/mol. The summed E-state index contributed by atoms with van der Waals surface area (Å²) >= 11 is -3.00. The minimum atomic E-state index is -3.00. The molecule has 0 aromatic heterocycles. The van der Waals surface area contributed by atoms with Gasteiger partial charge in [-0.3, -0.25) is 0 Å². The third-order valence-corrected chi connectivity index (χ3v) is 0. The number of nitrogens with two attached hydrogens (primary N) is 2. The SMILES string of the molecule is Cl.[NH2][Pt]([NH2])([Cl])[Cl]. The molecule has 6 heteroatoms. The first-order chi connectivity index (χ1) is 2.00. The van der Waals surface area contributed by atoms with Gasteiger partial charge in [-0.15, -0.1) is 12.4 Å². The number of rotatable bonds is 0. The van der Waals surface area contributed by atoms with Gasteiger partial charge in [0.2, 0.25) is 0 Å². The van der Waals surface area contributed by atoms with Crippen LogP contribution >= 0.6 is 31.2 Å². The van der Waals surface area contributed by atoms with Gasteiger partial charge in [0.25, 0.3) is 0 Å². The van der Waals surface area contributed by atoms with Crippen molar-refractivity contribution in [2.75, 3.05) is 0 Å². The zero-order chi connectivity index (χ0) is 4.50. The fourth-order valence-corrected chi connectivity index (χ4v) is 0. The van der Waals surface area contributed by atoms with Crippen LogP contribution in [-0.2, 0) is 14.5 Å². The van der Waals surface area contributed by atoms with E-state index in [4.69, 9.17) is 27.4 Å². The molecule has 0 aliphatic heterocycles. The Morgan fingerprint density at radius 2 is 1.17 bits per heavy atom. The topological polar surface area (TPSA) is 52.0 Å². The van der Waals surface area contributed by atoms with E-state index < -0.39 is 14.5 Å². The molecule has 0 heterocycles. The summed E-state index contributed by atoms with van der Waals surface area (Å²) in [6.07, 6.45) is 0. The third-order valence-electron chi connectivity index (χ3n) is 0. The molecule has 46 valence electrons. The van der Waals surface area contributed by atoms with Crippen molar-refractivity contribution in [1.82, 2.24) is 0 Å². The van der Waals surface area contributed by atoms with E-state index in [0.29, 0.717) is 0 Å². The summed E-state index contributed by atoms with van der Waals surface area (Å²) in [7, 11) is 10.1. The Kier molecular flexibility index (Phi) is 6.06. The van der Waals surface area contributed by atoms with Gasteiger partial charge in [0, 0.05) is 0 Å². The van der Waals surface area contributed by atoms with Crippen LogP contribution in [0.1, 0.15) is 0 Å². The quantitative estimate of drug-likeness (QED) is 0.682. The maximum atomic E-state index is 5.03. The molecule has 0 fully saturated rings. The summed E-state index contributed by atoms with van der Waals surface area (Å²) in [5.74, 6) is 0. The van der Waals surface area contributed by atoms with Crippen molar-refractivity contribution in [3.63, 3.8) is 0 Å². The molecule has 0 aliphatic carbocycles. The van der Waals surface area contributed by atoms with Gasteiger partial charge in [0.05, 0.1) is 0 Å². The molecule has 0 saturated heterocycles. The average Bonchev–Trinajstić information content (AvgIpc) is 0.722. The average molecular weight is 334 g/mol. The predicted octanol–water partition coefficient (Wildman–Crippen LogP) is 0.617. The van der Waals surface area contributed by atoms with Gasteiger partial charge in [-0.1, -0.05) is 0 Å². The van der Waals surface area contributed by atoms with Crippen LogP contribution in [0.5, 0.6) is 0 Å². The molecule has 0 aromatic carbocycles. The van der Waals surface area contributed by atoms with E-state index in [-0.39, 0.29) is 12.4 Å². The Hall–Kier alpha value is 1.48. The van der Waals surface area contributed by atoms with Crippen molar-refractivity contribution in [2.45, 2.75) is 0 Å². The molecule has 0 bridgehead atoms. The molecule has 0 radical (unpaired) electrons. The van der Waals surface area contributed by atoms with Crippen molar-refractivity contribution in [3.8, 4) is 0 Å². The Morgan fingerprint density at radius 1 is 1.17 bits per heavy atom. The molecule has 0 atom stereocenters. The molecule has 4 N–H and O–H groups in total. The van der Waals surface area contributed by atoms with E-state index in [9.17, 15) is 0 Å². The molecule has 0 spiro atoms. The maximum absolute atomic E-state index is 5.03. The molecule has 2 nitrogen and oxygen atoms in total.